The van der Waals surface area contributed by atoms with Crippen LogP contribution in [-0.4, -0.2) is 49.3 Å². The Balaban J connectivity index is 2.67. The third kappa shape index (κ3) is 5.25. The topological polar surface area (TPSA) is 35.8 Å². The molecule has 0 unspecified atom stereocenters. The third-order valence-corrected chi connectivity index (χ3v) is 2.77. The van der Waals surface area contributed by atoms with E-state index in [1.165, 1.54) is 0 Å². The molecule has 0 aliphatic heterocycles. The van der Waals surface area contributed by atoms with Gasteiger partial charge in [0.25, 0.3) is 0 Å². The highest BCUT2D eigenvalue weighted by molar-refractivity contribution is 6.18. The van der Waals surface area contributed by atoms with Crippen LogP contribution in [0.1, 0.15) is 5.56 Å². The molecule has 3 nitrogen and oxygen atoms in total. The minimum Gasteiger partial charge on any atom is -0.394 e. The van der Waals surface area contributed by atoms with Gasteiger partial charge in [-0.05, 0) is 17.7 Å². The number of rotatable bonds is 8. The maximum absolute atomic E-state index is 8.63. The summed E-state index contributed by atoms with van der Waals surface area (Å²) in [5, 5.41) is 8.63. The summed E-state index contributed by atoms with van der Waals surface area (Å²) in [6, 6.07) is 8.04. The zero-order valence-electron chi connectivity index (χ0n) is 10.2. The molecule has 1 N–H and O–H groups in total. The molecule has 100 valence electrons. The van der Waals surface area contributed by atoms with Gasteiger partial charge in [-0.25, -0.2) is 0 Å². The highest BCUT2D eigenvalue weighted by Gasteiger charge is 2.04. The van der Waals surface area contributed by atoms with Crippen LogP contribution in [0.3, 0.4) is 0 Å². The number of halogens is 2. The molecule has 0 saturated carbocycles. The summed E-state index contributed by atoms with van der Waals surface area (Å²) in [5.41, 5.74) is 2.12. The fourth-order valence-electron chi connectivity index (χ4n) is 1.57. The highest BCUT2D eigenvalue weighted by atomic mass is 35.5. The molecule has 0 bridgehead atoms. The van der Waals surface area contributed by atoms with E-state index in [0.29, 0.717) is 18.3 Å². The van der Waals surface area contributed by atoms with Gasteiger partial charge in [-0.15, -0.1) is 23.2 Å². The van der Waals surface area contributed by atoms with Gasteiger partial charge in [0.15, 0.2) is 0 Å². The van der Waals surface area contributed by atoms with E-state index in [0.717, 1.165) is 24.3 Å². The van der Waals surface area contributed by atoms with Crippen molar-refractivity contribution >= 4 is 35.1 Å². The molecule has 1 aromatic rings. The Kier molecular flexibility index (Phi) is 7.81. The number of hydrogen-bond acceptors (Lipinski definition) is 3. The van der Waals surface area contributed by atoms with Gasteiger partial charge < -0.3 is 10.0 Å². The second-order valence-corrected chi connectivity index (χ2v) is 4.47. The fraction of sp³-hybridized carbons (Fsp3) is 0.462. The van der Waals surface area contributed by atoms with Crippen LogP contribution < -0.4 is 4.90 Å². The van der Waals surface area contributed by atoms with E-state index in [1.54, 1.807) is 6.21 Å². The molecule has 0 aliphatic rings. The first-order chi connectivity index (χ1) is 8.81. The molecule has 1 aromatic carbocycles. The Morgan fingerprint density at radius 1 is 1.11 bits per heavy atom. The first-order valence-corrected chi connectivity index (χ1v) is 6.96. The summed E-state index contributed by atoms with van der Waals surface area (Å²) < 4.78 is 0. The summed E-state index contributed by atoms with van der Waals surface area (Å²) in [6.07, 6.45) is 1.76. The van der Waals surface area contributed by atoms with Crippen LogP contribution >= 0.6 is 23.2 Å². The van der Waals surface area contributed by atoms with Crippen LogP contribution in [0, 0.1) is 0 Å². The van der Waals surface area contributed by atoms with Gasteiger partial charge in [-0.2, -0.15) is 0 Å². The van der Waals surface area contributed by atoms with Crippen LogP contribution in [-0.2, 0) is 0 Å². The number of aliphatic hydroxyl groups excluding tert-OH is 1. The number of aliphatic imine (C=N–C) groups is 1. The van der Waals surface area contributed by atoms with E-state index in [4.69, 9.17) is 28.3 Å². The van der Waals surface area contributed by atoms with E-state index < -0.39 is 0 Å². The molecular formula is C13H18Cl2N2O. The van der Waals surface area contributed by atoms with Gasteiger partial charge in [0, 0.05) is 36.8 Å². The van der Waals surface area contributed by atoms with E-state index in [2.05, 4.69) is 9.89 Å². The lowest BCUT2D eigenvalue weighted by molar-refractivity contribution is 0.307. The average Bonchev–Trinajstić information content (AvgIpc) is 2.40. The van der Waals surface area contributed by atoms with E-state index >= 15 is 0 Å². The normalized spacial score (nSPS) is 11.1. The number of anilines is 1. The molecule has 0 aromatic heterocycles. The van der Waals surface area contributed by atoms with Crippen LogP contribution in [0.5, 0.6) is 0 Å². The largest absolute Gasteiger partial charge is 0.394 e. The molecule has 0 aliphatic carbocycles. The number of hydrogen-bond donors (Lipinski definition) is 1. The lowest BCUT2D eigenvalue weighted by Crippen LogP contribution is -2.27. The standard InChI is InChI=1S/C13H18Cl2N2O/c14-5-8-17(9-6-15)13-3-1-12(2-4-13)11-16-7-10-18/h1-4,11,18H,5-10H2. The van der Waals surface area contributed by atoms with E-state index in [9.17, 15) is 0 Å². The molecule has 0 spiro atoms. The van der Waals surface area contributed by atoms with Crippen LogP contribution in [0.25, 0.3) is 0 Å². The van der Waals surface area contributed by atoms with Crippen molar-refractivity contribution in [2.75, 3.05) is 42.9 Å². The van der Waals surface area contributed by atoms with Gasteiger partial charge in [0.2, 0.25) is 0 Å². The summed E-state index contributed by atoms with van der Waals surface area (Å²) in [6.45, 7) is 2.08. The predicted octanol–water partition coefficient (Wildman–Crippen LogP) is 2.38. The first kappa shape index (κ1) is 15.3. The molecule has 0 heterocycles. The van der Waals surface area contributed by atoms with Crippen LogP contribution in [0.4, 0.5) is 5.69 Å². The van der Waals surface area contributed by atoms with Crippen molar-refractivity contribution in [3.05, 3.63) is 29.8 Å². The van der Waals surface area contributed by atoms with Gasteiger partial charge >= 0.3 is 0 Å². The molecule has 0 saturated heterocycles. The number of nitrogens with zero attached hydrogens (tertiary/aromatic N) is 2. The molecule has 0 atom stereocenters. The molecule has 0 amide bonds. The molecule has 0 fully saturated rings. The number of benzene rings is 1. The van der Waals surface area contributed by atoms with E-state index in [-0.39, 0.29) is 6.61 Å². The van der Waals surface area contributed by atoms with Gasteiger partial charge in [0.1, 0.15) is 0 Å². The summed E-state index contributed by atoms with van der Waals surface area (Å²) in [4.78, 5) is 6.22. The predicted molar refractivity (Wildman–Crippen MR) is 79.6 cm³/mol. The van der Waals surface area contributed by atoms with Crippen molar-refractivity contribution in [3.63, 3.8) is 0 Å². The zero-order valence-corrected chi connectivity index (χ0v) is 11.7. The second-order valence-electron chi connectivity index (χ2n) is 3.72. The maximum atomic E-state index is 8.63. The SMILES string of the molecule is OCCN=Cc1ccc(N(CCCl)CCCl)cc1. The monoisotopic (exact) mass is 288 g/mol. The minimum absolute atomic E-state index is 0.0772. The Hall–Kier alpha value is -0.770. The highest BCUT2D eigenvalue weighted by Crippen LogP contribution is 2.14. The van der Waals surface area contributed by atoms with Gasteiger partial charge in [-0.1, -0.05) is 12.1 Å². The van der Waals surface area contributed by atoms with Crippen molar-refractivity contribution in [2.24, 2.45) is 4.99 Å². The third-order valence-electron chi connectivity index (χ3n) is 2.44. The minimum atomic E-state index is 0.0772. The van der Waals surface area contributed by atoms with Gasteiger partial charge in [-0.3, -0.25) is 4.99 Å². The maximum Gasteiger partial charge on any atom is 0.0626 e. The van der Waals surface area contributed by atoms with Crippen molar-refractivity contribution in [3.8, 4) is 0 Å². The zero-order chi connectivity index (χ0) is 13.2. The number of alkyl halides is 2. The molecule has 0 radical (unpaired) electrons. The second kappa shape index (κ2) is 9.20. The summed E-state index contributed by atoms with van der Waals surface area (Å²) in [7, 11) is 0. The quantitative estimate of drug-likeness (QED) is 0.589. The van der Waals surface area contributed by atoms with Crippen LogP contribution in [0.2, 0.25) is 0 Å². The average molecular weight is 289 g/mol. The van der Waals surface area contributed by atoms with Crippen molar-refractivity contribution < 1.29 is 5.11 Å². The molecule has 1 rings (SSSR count). The van der Waals surface area contributed by atoms with Gasteiger partial charge in [0.05, 0.1) is 13.2 Å². The lowest BCUT2D eigenvalue weighted by atomic mass is 10.2. The molecular weight excluding hydrogens is 271 g/mol. The first-order valence-electron chi connectivity index (χ1n) is 5.89. The number of aliphatic hydroxyl groups is 1. The Labute approximate surface area is 118 Å². The summed E-state index contributed by atoms with van der Waals surface area (Å²) in [5.74, 6) is 1.16. The van der Waals surface area contributed by atoms with Crippen molar-refractivity contribution in [1.29, 1.82) is 0 Å². The molecule has 5 heteroatoms. The van der Waals surface area contributed by atoms with E-state index in [1.807, 2.05) is 24.3 Å². The molecule has 18 heavy (non-hydrogen) atoms. The summed E-state index contributed by atoms with van der Waals surface area (Å²) >= 11 is 11.5. The smallest absolute Gasteiger partial charge is 0.0626 e. The fourth-order valence-corrected chi connectivity index (χ4v) is 1.98. The Morgan fingerprint density at radius 3 is 2.22 bits per heavy atom. The Bertz CT molecular complexity index is 349. The van der Waals surface area contributed by atoms with Crippen molar-refractivity contribution in [2.45, 2.75) is 0 Å². The van der Waals surface area contributed by atoms with Crippen molar-refractivity contribution in [1.82, 2.24) is 0 Å². The van der Waals surface area contributed by atoms with Crippen LogP contribution in [0.15, 0.2) is 29.3 Å². The Morgan fingerprint density at radius 2 is 1.72 bits per heavy atom. The lowest BCUT2D eigenvalue weighted by Gasteiger charge is -2.22.